The van der Waals surface area contributed by atoms with Crippen molar-refractivity contribution in [1.82, 2.24) is 15.0 Å². The number of hydrogen-bond acceptors (Lipinski definition) is 6. The van der Waals surface area contributed by atoms with Gasteiger partial charge < -0.3 is 0 Å². The maximum absolute atomic E-state index is 5.65. The first-order valence-corrected chi connectivity index (χ1v) is 7.35. The smallest absolute Gasteiger partial charge is 0.0804 e. The van der Waals surface area contributed by atoms with Gasteiger partial charge in [0.15, 0.2) is 0 Å². The summed E-state index contributed by atoms with van der Waals surface area (Å²) in [7, 11) is 0. The molecule has 4 nitrogen and oxygen atoms in total. The number of thiophene rings is 1. The quantitative estimate of drug-likeness (QED) is 0.623. The largest absolute Gasteiger partial charge is 0.271 e. The standard InChI is InChI=1S/C11H16N4S2/c1-2-3-9-11(17-15-14-9)10(13-12)6-8-4-5-16-7-8/h4-5,7,10,13H,2-3,6,12H2,1H3. The summed E-state index contributed by atoms with van der Waals surface area (Å²) in [6.07, 6.45) is 2.93. The zero-order chi connectivity index (χ0) is 12.1. The van der Waals surface area contributed by atoms with E-state index < -0.39 is 0 Å². The van der Waals surface area contributed by atoms with Gasteiger partial charge in [-0.15, -0.1) is 5.10 Å². The molecule has 6 heteroatoms. The molecule has 0 fully saturated rings. The summed E-state index contributed by atoms with van der Waals surface area (Å²) in [5.41, 5.74) is 5.26. The molecular weight excluding hydrogens is 252 g/mol. The van der Waals surface area contributed by atoms with Gasteiger partial charge in [-0.1, -0.05) is 17.8 Å². The minimum atomic E-state index is 0.117. The molecule has 0 aliphatic rings. The van der Waals surface area contributed by atoms with Gasteiger partial charge >= 0.3 is 0 Å². The molecule has 3 N–H and O–H groups in total. The Morgan fingerprint density at radius 2 is 2.41 bits per heavy atom. The molecule has 1 atom stereocenters. The van der Waals surface area contributed by atoms with Crippen LogP contribution in [0.2, 0.25) is 0 Å². The van der Waals surface area contributed by atoms with Gasteiger partial charge in [-0.05, 0) is 46.8 Å². The number of aryl methyl sites for hydroxylation is 1. The predicted octanol–water partition coefficient (Wildman–Crippen LogP) is 2.30. The van der Waals surface area contributed by atoms with E-state index in [9.17, 15) is 0 Å². The van der Waals surface area contributed by atoms with E-state index in [4.69, 9.17) is 5.84 Å². The van der Waals surface area contributed by atoms with Crippen molar-refractivity contribution < 1.29 is 0 Å². The molecule has 0 aromatic carbocycles. The molecule has 0 bridgehead atoms. The zero-order valence-corrected chi connectivity index (χ0v) is 11.4. The zero-order valence-electron chi connectivity index (χ0n) is 9.72. The Bertz CT molecular complexity index is 438. The van der Waals surface area contributed by atoms with E-state index in [1.807, 2.05) is 0 Å². The van der Waals surface area contributed by atoms with Crippen LogP contribution in [0.15, 0.2) is 16.8 Å². The van der Waals surface area contributed by atoms with Gasteiger partial charge in [0, 0.05) is 0 Å². The van der Waals surface area contributed by atoms with Gasteiger partial charge in [-0.25, -0.2) is 0 Å². The van der Waals surface area contributed by atoms with Crippen molar-refractivity contribution in [2.75, 3.05) is 0 Å². The Morgan fingerprint density at radius 3 is 3.06 bits per heavy atom. The van der Waals surface area contributed by atoms with Crippen molar-refractivity contribution in [3.05, 3.63) is 33.0 Å². The van der Waals surface area contributed by atoms with Crippen LogP contribution in [0.1, 0.15) is 35.5 Å². The molecule has 17 heavy (non-hydrogen) atoms. The molecule has 0 radical (unpaired) electrons. The van der Waals surface area contributed by atoms with Gasteiger partial charge in [0.25, 0.3) is 0 Å². The maximum Gasteiger partial charge on any atom is 0.0804 e. The highest BCUT2D eigenvalue weighted by molar-refractivity contribution is 7.08. The average Bonchev–Trinajstić information content (AvgIpc) is 2.97. The fourth-order valence-corrected chi connectivity index (χ4v) is 3.20. The molecule has 0 spiro atoms. The summed E-state index contributed by atoms with van der Waals surface area (Å²) in [6, 6.07) is 2.24. The van der Waals surface area contributed by atoms with Crippen LogP contribution in [-0.4, -0.2) is 9.59 Å². The number of nitrogens with zero attached hydrogens (tertiary/aromatic N) is 2. The molecule has 2 aromatic heterocycles. The summed E-state index contributed by atoms with van der Waals surface area (Å²) in [4.78, 5) is 1.17. The normalized spacial score (nSPS) is 12.8. The monoisotopic (exact) mass is 268 g/mol. The first-order valence-electron chi connectivity index (χ1n) is 5.63. The number of hydrogen-bond donors (Lipinski definition) is 2. The first-order chi connectivity index (χ1) is 8.35. The molecule has 0 aliphatic heterocycles. The van der Waals surface area contributed by atoms with Crippen molar-refractivity contribution >= 4 is 22.9 Å². The van der Waals surface area contributed by atoms with E-state index in [2.05, 4.69) is 38.8 Å². The minimum absolute atomic E-state index is 0.117. The Hall–Kier alpha value is -0.820. The molecule has 0 saturated carbocycles. The van der Waals surface area contributed by atoms with E-state index in [0.29, 0.717) is 0 Å². The van der Waals surface area contributed by atoms with Crippen LogP contribution in [0.3, 0.4) is 0 Å². The number of nitrogens with two attached hydrogens (primary N) is 1. The maximum atomic E-state index is 5.65. The van der Waals surface area contributed by atoms with E-state index in [-0.39, 0.29) is 6.04 Å². The molecule has 0 saturated heterocycles. The van der Waals surface area contributed by atoms with Crippen molar-refractivity contribution in [3.63, 3.8) is 0 Å². The lowest BCUT2D eigenvalue weighted by Crippen LogP contribution is -2.29. The van der Waals surface area contributed by atoms with Crippen molar-refractivity contribution in [2.45, 2.75) is 32.2 Å². The molecule has 2 aromatic rings. The van der Waals surface area contributed by atoms with Crippen LogP contribution in [0.25, 0.3) is 0 Å². The van der Waals surface area contributed by atoms with Crippen LogP contribution in [0.4, 0.5) is 0 Å². The minimum Gasteiger partial charge on any atom is -0.271 e. The molecule has 0 aliphatic carbocycles. The van der Waals surface area contributed by atoms with Gasteiger partial charge in [0.2, 0.25) is 0 Å². The lowest BCUT2D eigenvalue weighted by Gasteiger charge is -2.13. The lowest BCUT2D eigenvalue weighted by atomic mass is 10.1. The second-order valence-electron chi connectivity index (χ2n) is 3.89. The topological polar surface area (TPSA) is 63.8 Å². The van der Waals surface area contributed by atoms with Gasteiger partial charge in [-0.3, -0.25) is 11.3 Å². The van der Waals surface area contributed by atoms with E-state index >= 15 is 0 Å². The lowest BCUT2D eigenvalue weighted by molar-refractivity contribution is 0.554. The Kier molecular flexibility index (Phi) is 4.61. The molecule has 0 amide bonds. The molecule has 1 unspecified atom stereocenters. The van der Waals surface area contributed by atoms with Crippen molar-refractivity contribution in [1.29, 1.82) is 0 Å². The Labute approximate surface area is 109 Å². The number of rotatable bonds is 6. The number of aromatic nitrogens is 2. The van der Waals surface area contributed by atoms with Crippen LogP contribution in [-0.2, 0) is 12.8 Å². The van der Waals surface area contributed by atoms with E-state index in [1.54, 1.807) is 11.3 Å². The van der Waals surface area contributed by atoms with Crippen LogP contribution in [0.5, 0.6) is 0 Å². The highest BCUT2D eigenvalue weighted by atomic mass is 32.1. The molecule has 2 heterocycles. The summed E-state index contributed by atoms with van der Waals surface area (Å²) in [6.45, 7) is 2.15. The highest BCUT2D eigenvalue weighted by Crippen LogP contribution is 2.25. The summed E-state index contributed by atoms with van der Waals surface area (Å²) in [5, 5.41) is 8.41. The van der Waals surface area contributed by atoms with Crippen LogP contribution >= 0.6 is 22.9 Å². The van der Waals surface area contributed by atoms with E-state index in [1.165, 1.54) is 22.0 Å². The highest BCUT2D eigenvalue weighted by Gasteiger charge is 2.18. The fraction of sp³-hybridized carbons (Fsp3) is 0.455. The third kappa shape index (κ3) is 3.10. The Balaban J connectivity index is 2.14. The molecule has 92 valence electrons. The number of hydrazine groups is 1. The summed E-state index contributed by atoms with van der Waals surface area (Å²) >= 11 is 3.15. The van der Waals surface area contributed by atoms with E-state index in [0.717, 1.165) is 25.0 Å². The summed E-state index contributed by atoms with van der Waals surface area (Å²) < 4.78 is 4.04. The third-order valence-corrected chi connectivity index (χ3v) is 4.22. The second-order valence-corrected chi connectivity index (χ2v) is 5.45. The average molecular weight is 268 g/mol. The van der Waals surface area contributed by atoms with Crippen LogP contribution < -0.4 is 11.3 Å². The SMILES string of the molecule is CCCc1nnsc1C(Cc1ccsc1)NN. The number of nitrogens with one attached hydrogen (secondary N) is 1. The fourth-order valence-electron chi connectivity index (χ4n) is 1.76. The van der Waals surface area contributed by atoms with Crippen LogP contribution in [0, 0.1) is 0 Å². The Morgan fingerprint density at radius 1 is 1.53 bits per heavy atom. The van der Waals surface area contributed by atoms with Gasteiger partial charge in [0.1, 0.15) is 0 Å². The van der Waals surface area contributed by atoms with Gasteiger partial charge in [0.05, 0.1) is 16.6 Å². The second kappa shape index (κ2) is 6.20. The third-order valence-electron chi connectivity index (χ3n) is 2.61. The van der Waals surface area contributed by atoms with Crippen molar-refractivity contribution in [3.8, 4) is 0 Å². The predicted molar refractivity (Wildman–Crippen MR) is 72.0 cm³/mol. The molecular formula is C11H16N4S2. The molecule has 2 rings (SSSR count). The first kappa shape index (κ1) is 12.6. The van der Waals surface area contributed by atoms with Crippen molar-refractivity contribution in [2.24, 2.45) is 5.84 Å². The summed E-state index contributed by atoms with van der Waals surface area (Å²) in [5.74, 6) is 5.65. The van der Waals surface area contributed by atoms with Gasteiger partial charge in [-0.2, -0.15) is 11.3 Å².